The van der Waals surface area contributed by atoms with Gasteiger partial charge in [-0.2, -0.15) is 0 Å². The molecule has 0 saturated carbocycles. The first-order valence-corrected chi connectivity index (χ1v) is 9.29. The smallest absolute Gasteiger partial charge is 0.323 e. The van der Waals surface area contributed by atoms with Crippen LogP contribution in [-0.2, 0) is 27.2 Å². The maximum absolute atomic E-state index is 12.7. The number of amides is 2. The van der Waals surface area contributed by atoms with Crippen LogP contribution in [0, 0.1) is 0 Å². The van der Waals surface area contributed by atoms with Gasteiger partial charge in [0, 0.05) is 26.0 Å². The predicted octanol–water partition coefficient (Wildman–Crippen LogP) is 2.02. The Balaban J connectivity index is 1.46. The predicted molar refractivity (Wildman–Crippen MR) is 89.4 cm³/mol. The fraction of sp³-hybridized carbons (Fsp3) is 0.750. The highest BCUT2D eigenvalue weighted by molar-refractivity contribution is 7.15. The third kappa shape index (κ3) is 2.92. The molecule has 1 aromatic rings. The Morgan fingerprint density at radius 3 is 3.04 bits per heavy atom. The molecule has 24 heavy (non-hydrogen) atoms. The van der Waals surface area contributed by atoms with Crippen molar-refractivity contribution in [2.75, 3.05) is 31.6 Å². The van der Waals surface area contributed by atoms with Crippen LogP contribution < -0.4 is 5.32 Å². The second-order valence-corrected chi connectivity index (χ2v) is 7.84. The maximum atomic E-state index is 12.7. The lowest BCUT2D eigenvalue weighted by Gasteiger charge is -2.44. The van der Waals surface area contributed by atoms with Gasteiger partial charge in [-0.25, -0.2) is 9.78 Å². The molecule has 3 unspecified atom stereocenters. The van der Waals surface area contributed by atoms with Crippen LogP contribution in [-0.4, -0.2) is 60.0 Å². The summed E-state index contributed by atoms with van der Waals surface area (Å²) in [6.07, 6.45) is 1.63. The number of rotatable bonds is 1. The highest BCUT2D eigenvalue weighted by Gasteiger charge is 2.48. The quantitative estimate of drug-likeness (QED) is 0.836. The number of thiazole rings is 1. The lowest BCUT2D eigenvalue weighted by atomic mass is 9.93. The third-order valence-corrected chi connectivity index (χ3v) is 5.99. The topological polar surface area (TPSA) is 72.9 Å². The monoisotopic (exact) mass is 353 g/mol. The van der Waals surface area contributed by atoms with E-state index in [-0.39, 0.29) is 23.8 Å². The molecule has 2 amide bonds. The first kappa shape index (κ1) is 16.3. The van der Waals surface area contributed by atoms with E-state index in [2.05, 4.69) is 10.3 Å². The van der Waals surface area contributed by atoms with Gasteiger partial charge < -0.3 is 19.1 Å². The van der Waals surface area contributed by atoms with Crippen LogP contribution in [0.4, 0.5) is 9.93 Å². The summed E-state index contributed by atoms with van der Waals surface area (Å²) in [6.45, 7) is 7.14. The van der Waals surface area contributed by atoms with Gasteiger partial charge >= 0.3 is 6.03 Å². The van der Waals surface area contributed by atoms with Crippen molar-refractivity contribution in [1.82, 2.24) is 9.88 Å². The molecule has 4 heterocycles. The van der Waals surface area contributed by atoms with Gasteiger partial charge in [0.05, 0.1) is 42.5 Å². The minimum Gasteiger partial charge on any atom is -0.375 e. The van der Waals surface area contributed by atoms with Crippen LogP contribution in [0.15, 0.2) is 0 Å². The summed E-state index contributed by atoms with van der Waals surface area (Å²) in [7, 11) is 0. The molecule has 3 aliphatic rings. The van der Waals surface area contributed by atoms with E-state index in [1.54, 1.807) is 0 Å². The fourth-order valence-corrected chi connectivity index (χ4v) is 4.64. The summed E-state index contributed by atoms with van der Waals surface area (Å²) in [5, 5.41) is 3.61. The number of aromatic nitrogens is 1. The Hall–Kier alpha value is -1.22. The zero-order valence-electron chi connectivity index (χ0n) is 14.0. The molecule has 1 aromatic heterocycles. The van der Waals surface area contributed by atoms with Crippen molar-refractivity contribution in [2.45, 2.75) is 51.1 Å². The van der Waals surface area contributed by atoms with Gasteiger partial charge in [0.1, 0.15) is 5.60 Å². The van der Waals surface area contributed by atoms with Gasteiger partial charge in [0.25, 0.3) is 0 Å². The summed E-state index contributed by atoms with van der Waals surface area (Å²) in [6, 6.07) is -0.115. The Morgan fingerprint density at radius 1 is 1.42 bits per heavy atom. The van der Waals surface area contributed by atoms with Gasteiger partial charge in [0.15, 0.2) is 5.13 Å². The molecule has 2 saturated heterocycles. The second kappa shape index (κ2) is 6.25. The van der Waals surface area contributed by atoms with E-state index < -0.39 is 0 Å². The van der Waals surface area contributed by atoms with E-state index in [4.69, 9.17) is 14.2 Å². The molecule has 1 spiro atoms. The number of hydrogen-bond acceptors (Lipinski definition) is 6. The first-order chi connectivity index (χ1) is 11.6. The van der Waals surface area contributed by atoms with Gasteiger partial charge in [-0.05, 0) is 13.8 Å². The van der Waals surface area contributed by atoms with E-state index in [1.165, 1.54) is 11.3 Å². The minimum atomic E-state index is -0.384. The SMILES string of the molecule is CC1CN(C(=O)Nc2nc3c(s2)COCC3)CC2(CCOC2C)O1. The van der Waals surface area contributed by atoms with Crippen molar-refractivity contribution in [1.29, 1.82) is 0 Å². The largest absolute Gasteiger partial charge is 0.375 e. The molecule has 3 atom stereocenters. The van der Waals surface area contributed by atoms with E-state index in [1.807, 2.05) is 18.7 Å². The highest BCUT2D eigenvalue weighted by Crippen LogP contribution is 2.35. The summed E-state index contributed by atoms with van der Waals surface area (Å²) < 4.78 is 17.3. The fourth-order valence-electron chi connectivity index (χ4n) is 3.70. The first-order valence-electron chi connectivity index (χ1n) is 8.47. The number of ether oxygens (including phenoxy) is 3. The molecule has 0 aromatic carbocycles. The Kier molecular flexibility index (Phi) is 4.24. The van der Waals surface area contributed by atoms with Gasteiger partial charge in [-0.15, -0.1) is 0 Å². The number of nitrogens with one attached hydrogen (secondary N) is 1. The Morgan fingerprint density at radius 2 is 2.29 bits per heavy atom. The van der Waals surface area contributed by atoms with Gasteiger partial charge in [-0.1, -0.05) is 11.3 Å². The van der Waals surface area contributed by atoms with Crippen molar-refractivity contribution in [3.05, 3.63) is 10.6 Å². The van der Waals surface area contributed by atoms with Gasteiger partial charge in [-0.3, -0.25) is 5.32 Å². The van der Waals surface area contributed by atoms with Crippen LogP contribution in [0.5, 0.6) is 0 Å². The van der Waals surface area contributed by atoms with Crippen molar-refractivity contribution in [3.63, 3.8) is 0 Å². The molecule has 4 rings (SSSR count). The molecule has 2 fully saturated rings. The lowest BCUT2D eigenvalue weighted by molar-refractivity contribution is -0.159. The molecule has 0 aliphatic carbocycles. The zero-order chi connectivity index (χ0) is 16.7. The number of nitrogens with zero attached hydrogens (tertiary/aromatic N) is 2. The summed E-state index contributed by atoms with van der Waals surface area (Å²) in [4.78, 5) is 20.2. The molecule has 3 aliphatic heterocycles. The van der Waals surface area contributed by atoms with Crippen molar-refractivity contribution < 1.29 is 19.0 Å². The summed E-state index contributed by atoms with van der Waals surface area (Å²) >= 11 is 1.50. The number of anilines is 1. The van der Waals surface area contributed by atoms with Crippen LogP contribution in [0.3, 0.4) is 0 Å². The number of morpholine rings is 1. The van der Waals surface area contributed by atoms with Crippen LogP contribution >= 0.6 is 11.3 Å². The number of hydrogen-bond donors (Lipinski definition) is 1. The molecule has 8 heteroatoms. The molecular formula is C16H23N3O4S. The van der Waals surface area contributed by atoms with Crippen LogP contribution in [0.1, 0.15) is 30.8 Å². The van der Waals surface area contributed by atoms with E-state index in [9.17, 15) is 4.79 Å². The van der Waals surface area contributed by atoms with Crippen LogP contribution in [0.2, 0.25) is 0 Å². The molecule has 1 N–H and O–H groups in total. The maximum Gasteiger partial charge on any atom is 0.323 e. The third-order valence-electron chi connectivity index (χ3n) is 5.00. The molecule has 0 bridgehead atoms. The standard InChI is InChI=1S/C16H23N3O4S/c1-10-7-19(9-16(23-10)4-6-22-11(16)2)15(20)18-14-17-12-3-5-21-8-13(12)24-14/h10-11H,3-9H2,1-2H3,(H,17,18,20). The van der Waals surface area contributed by atoms with Crippen molar-refractivity contribution >= 4 is 22.5 Å². The van der Waals surface area contributed by atoms with Crippen molar-refractivity contribution in [2.24, 2.45) is 0 Å². The van der Waals surface area contributed by atoms with E-state index >= 15 is 0 Å². The van der Waals surface area contributed by atoms with Crippen LogP contribution in [0.25, 0.3) is 0 Å². The van der Waals surface area contributed by atoms with Crippen molar-refractivity contribution in [3.8, 4) is 0 Å². The summed E-state index contributed by atoms with van der Waals surface area (Å²) in [5.74, 6) is 0. The second-order valence-electron chi connectivity index (χ2n) is 6.76. The number of carbonyl (C=O) groups is 1. The van der Waals surface area contributed by atoms with Gasteiger partial charge in [0.2, 0.25) is 0 Å². The Bertz CT molecular complexity index is 613. The average molecular weight is 353 g/mol. The number of fused-ring (bicyclic) bond motifs is 1. The molecule has 0 radical (unpaired) electrons. The average Bonchev–Trinajstić information content (AvgIpc) is 3.10. The summed E-state index contributed by atoms with van der Waals surface area (Å²) in [5.41, 5.74) is 0.663. The lowest BCUT2D eigenvalue weighted by Crippen LogP contribution is -2.60. The molecule has 132 valence electrons. The number of carbonyl (C=O) groups excluding carboxylic acids is 1. The van der Waals surface area contributed by atoms with E-state index in [0.29, 0.717) is 38.0 Å². The Labute approximate surface area is 145 Å². The molecular weight excluding hydrogens is 330 g/mol. The normalized spacial score (nSPS) is 32.8. The number of urea groups is 1. The minimum absolute atomic E-state index is 0.000116. The molecule has 7 nitrogen and oxygen atoms in total. The highest BCUT2D eigenvalue weighted by atomic mass is 32.1. The van der Waals surface area contributed by atoms with E-state index in [0.717, 1.165) is 23.4 Å². The zero-order valence-corrected chi connectivity index (χ0v) is 14.9.